The molecule has 1 aliphatic heterocycles. The van der Waals surface area contributed by atoms with Crippen molar-refractivity contribution in [3.8, 4) is 0 Å². The van der Waals surface area contributed by atoms with Crippen molar-refractivity contribution in [1.82, 2.24) is 0 Å². The molecule has 1 aromatic carbocycles. The zero-order chi connectivity index (χ0) is 14.4. The smallest absolute Gasteiger partial charge is 0.314 e. The molecule has 0 aliphatic carbocycles. The summed E-state index contributed by atoms with van der Waals surface area (Å²) < 4.78 is 15.2. The first-order valence-corrected chi connectivity index (χ1v) is 7.83. The van der Waals surface area contributed by atoms with Gasteiger partial charge >= 0.3 is 5.97 Å². The molecule has 0 saturated carbocycles. The van der Waals surface area contributed by atoms with Gasteiger partial charge in [-0.25, -0.2) is 8.97 Å². The van der Waals surface area contributed by atoms with Crippen molar-refractivity contribution < 1.29 is 18.9 Å². The molecule has 1 aliphatic rings. The second-order valence-corrected chi connectivity index (χ2v) is 5.98. The molecular weight excluding hydrogens is 277 g/mol. The number of aliphatic carboxylic acids is 1. The zero-order valence-electron chi connectivity index (χ0n) is 11.3. The number of nitrogens with zero attached hydrogens (tertiary/aromatic N) is 1. The number of thioether (sulfide) groups is 1. The molecular formula is C15H19FNO2S+. The van der Waals surface area contributed by atoms with Crippen LogP contribution in [0.1, 0.15) is 24.8 Å². The summed E-state index contributed by atoms with van der Waals surface area (Å²) in [6.07, 6.45) is 4.23. The Morgan fingerprint density at radius 2 is 1.85 bits per heavy atom. The van der Waals surface area contributed by atoms with Crippen LogP contribution in [-0.4, -0.2) is 39.5 Å². The van der Waals surface area contributed by atoms with Crippen LogP contribution in [0.3, 0.4) is 0 Å². The van der Waals surface area contributed by atoms with Gasteiger partial charge in [0.05, 0.1) is 6.42 Å². The van der Waals surface area contributed by atoms with E-state index in [1.807, 2.05) is 0 Å². The molecule has 0 bridgehead atoms. The third-order valence-electron chi connectivity index (χ3n) is 3.34. The summed E-state index contributed by atoms with van der Waals surface area (Å²) >= 11 is 1.38. The Hall–Kier alpha value is -1.36. The first-order chi connectivity index (χ1) is 9.65. The van der Waals surface area contributed by atoms with Crippen LogP contribution in [0.25, 0.3) is 0 Å². The maximum absolute atomic E-state index is 12.9. The average molecular weight is 296 g/mol. The molecule has 108 valence electrons. The predicted molar refractivity (Wildman–Crippen MR) is 79.1 cm³/mol. The molecule has 3 nitrogen and oxygen atoms in total. The first-order valence-electron chi connectivity index (χ1n) is 6.85. The summed E-state index contributed by atoms with van der Waals surface area (Å²) in [5.74, 6) is -0.970. The Kier molecular flexibility index (Phi) is 5.59. The Labute approximate surface area is 122 Å². The summed E-state index contributed by atoms with van der Waals surface area (Å²) in [5, 5.41) is 9.94. The fourth-order valence-electron chi connectivity index (χ4n) is 2.32. The van der Waals surface area contributed by atoms with Gasteiger partial charge in [0.25, 0.3) is 0 Å². The molecule has 1 heterocycles. The summed E-state index contributed by atoms with van der Waals surface area (Å²) in [7, 11) is 0. The highest BCUT2D eigenvalue weighted by atomic mass is 32.2. The fourth-order valence-corrected chi connectivity index (χ4v) is 3.24. The summed E-state index contributed by atoms with van der Waals surface area (Å²) in [4.78, 5) is 10.8. The molecule has 0 unspecified atom stereocenters. The molecule has 1 fully saturated rings. The normalized spacial score (nSPS) is 15.2. The lowest BCUT2D eigenvalue weighted by molar-refractivity contribution is -0.535. The minimum Gasteiger partial charge on any atom is -0.481 e. The number of carboxylic acids is 1. The van der Waals surface area contributed by atoms with Crippen molar-refractivity contribution in [3.63, 3.8) is 0 Å². The third-order valence-corrected chi connectivity index (χ3v) is 4.47. The van der Waals surface area contributed by atoms with Crippen molar-refractivity contribution in [2.75, 3.05) is 18.8 Å². The molecule has 1 aromatic rings. The molecule has 0 atom stereocenters. The number of carboxylic acid groups (broad SMARTS) is 1. The fraction of sp³-hybridized carbons (Fsp3) is 0.467. The third kappa shape index (κ3) is 4.63. The molecule has 1 N–H and O–H groups in total. The maximum atomic E-state index is 12.9. The quantitative estimate of drug-likeness (QED) is 0.686. The van der Waals surface area contributed by atoms with Gasteiger partial charge < -0.3 is 5.11 Å². The van der Waals surface area contributed by atoms with Crippen LogP contribution in [0.2, 0.25) is 0 Å². The summed E-state index contributed by atoms with van der Waals surface area (Å²) in [6, 6.07) is 6.43. The molecule has 20 heavy (non-hydrogen) atoms. The van der Waals surface area contributed by atoms with Gasteiger partial charge in [0, 0.05) is 12.8 Å². The number of piperidine rings is 1. The van der Waals surface area contributed by atoms with Crippen LogP contribution >= 0.6 is 11.8 Å². The second-order valence-electron chi connectivity index (χ2n) is 4.93. The van der Waals surface area contributed by atoms with E-state index in [4.69, 9.17) is 5.11 Å². The van der Waals surface area contributed by atoms with Crippen LogP contribution in [0.5, 0.6) is 0 Å². The van der Waals surface area contributed by atoms with Crippen LogP contribution < -0.4 is 0 Å². The van der Waals surface area contributed by atoms with E-state index in [1.165, 1.54) is 30.3 Å². The number of rotatable bonds is 4. The second kappa shape index (κ2) is 7.43. The summed E-state index contributed by atoms with van der Waals surface area (Å²) in [6.45, 7) is 1.98. The largest absolute Gasteiger partial charge is 0.481 e. The average Bonchev–Trinajstić information content (AvgIpc) is 2.46. The molecule has 0 aromatic heterocycles. The molecule has 0 radical (unpaired) electrons. The molecule has 0 amide bonds. The van der Waals surface area contributed by atoms with E-state index in [0.717, 1.165) is 36.5 Å². The Bertz CT molecular complexity index is 491. The Morgan fingerprint density at radius 1 is 1.20 bits per heavy atom. The zero-order valence-corrected chi connectivity index (χ0v) is 12.2. The number of hydrogen-bond acceptors (Lipinski definition) is 2. The SMILES string of the molecule is O=C(O)CSC(Cc1ccc(F)cc1)=[N+]1CCCCC1. The van der Waals surface area contributed by atoms with Crippen molar-refractivity contribution in [1.29, 1.82) is 0 Å². The lowest BCUT2D eigenvalue weighted by atomic mass is 10.1. The maximum Gasteiger partial charge on any atom is 0.314 e. The predicted octanol–water partition coefficient (Wildman–Crippen LogP) is 2.78. The van der Waals surface area contributed by atoms with Gasteiger partial charge in [0.15, 0.2) is 0 Å². The van der Waals surface area contributed by atoms with Crippen molar-refractivity contribution in [2.24, 2.45) is 0 Å². The Balaban J connectivity index is 2.12. The highest BCUT2D eigenvalue weighted by Crippen LogP contribution is 2.15. The van der Waals surface area contributed by atoms with Gasteiger partial charge in [-0.05, 0) is 24.1 Å². The van der Waals surface area contributed by atoms with Gasteiger partial charge in [0.2, 0.25) is 5.04 Å². The van der Waals surface area contributed by atoms with Gasteiger partial charge in [0.1, 0.15) is 24.7 Å². The molecule has 1 saturated heterocycles. The molecule has 2 rings (SSSR count). The Morgan fingerprint density at radius 3 is 2.45 bits per heavy atom. The first kappa shape index (κ1) is 15.0. The number of hydrogen-bond donors (Lipinski definition) is 1. The topological polar surface area (TPSA) is 40.3 Å². The van der Waals surface area contributed by atoms with Crippen LogP contribution in [0, 0.1) is 5.82 Å². The van der Waals surface area contributed by atoms with Crippen molar-refractivity contribution in [2.45, 2.75) is 25.7 Å². The minimum absolute atomic E-state index is 0.0764. The van der Waals surface area contributed by atoms with E-state index in [9.17, 15) is 9.18 Å². The van der Waals surface area contributed by atoms with Gasteiger partial charge in [-0.2, -0.15) is 0 Å². The highest BCUT2D eigenvalue weighted by Gasteiger charge is 2.20. The van der Waals surface area contributed by atoms with Crippen molar-refractivity contribution >= 4 is 22.8 Å². The monoisotopic (exact) mass is 296 g/mol. The van der Waals surface area contributed by atoms with E-state index >= 15 is 0 Å². The standard InChI is InChI=1S/C15H18FNO2S/c16-13-6-4-12(5-7-13)10-14(20-11-15(18)19)17-8-2-1-3-9-17/h4-7H,1-3,8-11H2/p+1. The lowest BCUT2D eigenvalue weighted by Gasteiger charge is -2.14. The van der Waals surface area contributed by atoms with Crippen molar-refractivity contribution in [3.05, 3.63) is 35.6 Å². The number of benzene rings is 1. The van der Waals surface area contributed by atoms with Crippen LogP contribution in [0.15, 0.2) is 24.3 Å². The van der Waals surface area contributed by atoms with Gasteiger partial charge in [-0.3, -0.25) is 4.79 Å². The van der Waals surface area contributed by atoms with Gasteiger partial charge in [-0.15, -0.1) is 0 Å². The van der Waals surface area contributed by atoms with E-state index < -0.39 is 5.97 Å². The van der Waals surface area contributed by atoms with E-state index in [2.05, 4.69) is 4.58 Å². The lowest BCUT2D eigenvalue weighted by Crippen LogP contribution is -2.27. The van der Waals surface area contributed by atoms with E-state index in [-0.39, 0.29) is 11.6 Å². The molecule has 5 heteroatoms. The van der Waals surface area contributed by atoms with E-state index in [0.29, 0.717) is 6.42 Å². The van der Waals surface area contributed by atoms with Gasteiger partial charge in [-0.1, -0.05) is 23.9 Å². The van der Waals surface area contributed by atoms with Crippen LogP contribution in [-0.2, 0) is 11.2 Å². The van der Waals surface area contributed by atoms with Crippen LogP contribution in [0.4, 0.5) is 4.39 Å². The highest BCUT2D eigenvalue weighted by molar-refractivity contribution is 8.14. The summed E-state index contributed by atoms with van der Waals surface area (Å²) in [5.41, 5.74) is 1.02. The number of halogens is 1. The number of carbonyl (C=O) groups is 1. The minimum atomic E-state index is -0.802. The van der Waals surface area contributed by atoms with E-state index in [1.54, 1.807) is 12.1 Å². The molecule has 0 spiro atoms.